The van der Waals surface area contributed by atoms with Gasteiger partial charge in [-0.05, 0) is 25.1 Å². The third-order valence-electron chi connectivity index (χ3n) is 2.61. The summed E-state index contributed by atoms with van der Waals surface area (Å²) in [6, 6.07) is 7.88. The van der Waals surface area contributed by atoms with Gasteiger partial charge in [0.1, 0.15) is 9.84 Å². The van der Waals surface area contributed by atoms with Crippen molar-refractivity contribution < 1.29 is 8.42 Å². The zero-order chi connectivity index (χ0) is 14.3. The lowest BCUT2D eigenvalue weighted by Gasteiger charge is -2.17. The van der Waals surface area contributed by atoms with E-state index in [1.165, 1.54) is 6.26 Å². The molecule has 1 rings (SSSR count). The van der Waals surface area contributed by atoms with Crippen LogP contribution >= 0.6 is 23.4 Å². The van der Waals surface area contributed by atoms with Gasteiger partial charge < -0.3 is 5.32 Å². The zero-order valence-electron chi connectivity index (χ0n) is 11.2. The molecule has 108 valence electrons. The molecule has 0 saturated heterocycles. The van der Waals surface area contributed by atoms with Crippen LogP contribution in [-0.2, 0) is 9.84 Å². The molecule has 0 amide bonds. The molecule has 1 aromatic carbocycles. The molecule has 1 N–H and O–H groups in total. The molecule has 1 unspecified atom stereocenters. The summed E-state index contributed by atoms with van der Waals surface area (Å²) in [5, 5.41) is 4.06. The molecule has 0 aromatic heterocycles. The Labute approximate surface area is 125 Å². The van der Waals surface area contributed by atoms with Crippen LogP contribution in [0.15, 0.2) is 29.2 Å². The van der Waals surface area contributed by atoms with Gasteiger partial charge in [0, 0.05) is 22.9 Å². The third-order valence-corrected chi connectivity index (χ3v) is 5.26. The van der Waals surface area contributed by atoms with Crippen molar-refractivity contribution in [1.82, 2.24) is 5.32 Å². The molecule has 0 aliphatic carbocycles. The number of rotatable bonds is 8. The summed E-state index contributed by atoms with van der Waals surface area (Å²) in [6.07, 6.45) is 1.90. The number of nitrogens with one attached hydrogen (secondary N) is 1. The molecule has 0 aliphatic heterocycles. The minimum atomic E-state index is -2.90. The normalized spacial score (nSPS) is 13.4. The molecule has 0 aliphatic rings. The lowest BCUT2D eigenvalue weighted by atomic mass is 10.2. The molecule has 0 bridgehead atoms. The van der Waals surface area contributed by atoms with Gasteiger partial charge in [-0.2, -0.15) is 0 Å². The van der Waals surface area contributed by atoms with Gasteiger partial charge in [0.15, 0.2) is 0 Å². The Balaban J connectivity index is 2.52. The van der Waals surface area contributed by atoms with Crippen LogP contribution in [0.2, 0.25) is 5.02 Å². The molecular formula is C13H20ClNO2S2. The highest BCUT2D eigenvalue weighted by Gasteiger charge is 2.12. The number of hydrogen-bond acceptors (Lipinski definition) is 4. The van der Waals surface area contributed by atoms with E-state index in [1.54, 1.807) is 11.8 Å². The van der Waals surface area contributed by atoms with Gasteiger partial charge in [-0.1, -0.05) is 30.7 Å². The van der Waals surface area contributed by atoms with Crippen LogP contribution < -0.4 is 5.32 Å². The predicted octanol–water partition coefficient (Wildman–Crippen LogP) is 2.84. The van der Waals surface area contributed by atoms with Crippen LogP contribution in [0.1, 0.15) is 13.3 Å². The van der Waals surface area contributed by atoms with Crippen molar-refractivity contribution >= 4 is 33.2 Å². The van der Waals surface area contributed by atoms with Crippen LogP contribution in [0.3, 0.4) is 0 Å². The summed E-state index contributed by atoms with van der Waals surface area (Å²) >= 11 is 7.75. The Morgan fingerprint density at radius 1 is 1.37 bits per heavy atom. The fourth-order valence-electron chi connectivity index (χ4n) is 1.64. The molecule has 0 saturated carbocycles. The molecule has 0 radical (unpaired) electrons. The first-order valence-electron chi connectivity index (χ1n) is 6.21. The van der Waals surface area contributed by atoms with Crippen molar-refractivity contribution in [3.05, 3.63) is 29.3 Å². The highest BCUT2D eigenvalue weighted by atomic mass is 35.5. The van der Waals surface area contributed by atoms with Gasteiger partial charge in [-0.25, -0.2) is 8.42 Å². The van der Waals surface area contributed by atoms with Gasteiger partial charge in [0.05, 0.1) is 10.8 Å². The zero-order valence-corrected chi connectivity index (χ0v) is 13.6. The maximum atomic E-state index is 11.2. The van der Waals surface area contributed by atoms with E-state index in [0.29, 0.717) is 6.42 Å². The third kappa shape index (κ3) is 7.20. The second-order valence-corrected chi connectivity index (χ2v) is 8.14. The minimum absolute atomic E-state index is 0.181. The Morgan fingerprint density at radius 2 is 2.05 bits per heavy atom. The van der Waals surface area contributed by atoms with Gasteiger partial charge >= 0.3 is 0 Å². The van der Waals surface area contributed by atoms with Crippen LogP contribution in [0.25, 0.3) is 0 Å². The number of thioether (sulfide) groups is 1. The maximum absolute atomic E-state index is 11.2. The Bertz CT molecular complexity index is 491. The first-order valence-corrected chi connectivity index (χ1v) is 9.63. The van der Waals surface area contributed by atoms with Crippen molar-refractivity contribution in [1.29, 1.82) is 0 Å². The molecule has 1 atom stereocenters. The quantitative estimate of drug-likeness (QED) is 0.748. The number of benzene rings is 1. The van der Waals surface area contributed by atoms with Crippen molar-refractivity contribution in [2.75, 3.05) is 24.3 Å². The molecule has 0 fully saturated rings. The van der Waals surface area contributed by atoms with Crippen molar-refractivity contribution in [3.63, 3.8) is 0 Å². The van der Waals surface area contributed by atoms with E-state index in [1.807, 2.05) is 31.2 Å². The van der Waals surface area contributed by atoms with Crippen LogP contribution in [0, 0.1) is 0 Å². The Kier molecular flexibility index (Phi) is 7.21. The molecular weight excluding hydrogens is 302 g/mol. The molecule has 6 heteroatoms. The molecule has 0 spiro atoms. The Hall–Kier alpha value is -0.230. The van der Waals surface area contributed by atoms with Crippen molar-refractivity contribution in [2.24, 2.45) is 0 Å². The lowest BCUT2D eigenvalue weighted by molar-refractivity contribution is 0.548. The van der Waals surface area contributed by atoms with E-state index in [0.717, 1.165) is 22.2 Å². The summed E-state index contributed by atoms with van der Waals surface area (Å²) in [4.78, 5) is 1.03. The standard InChI is InChI=1S/C13H20ClNO2S2/c1-3-15-11(8-9-19(2,16)17)10-18-13-7-5-4-6-12(13)14/h4-7,11,15H,3,8-10H2,1-2H3. The second-order valence-electron chi connectivity index (χ2n) is 4.41. The van der Waals surface area contributed by atoms with Gasteiger partial charge in [-0.15, -0.1) is 11.8 Å². The van der Waals surface area contributed by atoms with Crippen LogP contribution in [0.5, 0.6) is 0 Å². The van der Waals surface area contributed by atoms with Crippen molar-refractivity contribution in [2.45, 2.75) is 24.3 Å². The molecule has 0 heterocycles. The fraction of sp³-hybridized carbons (Fsp3) is 0.538. The monoisotopic (exact) mass is 321 g/mol. The highest BCUT2D eigenvalue weighted by Crippen LogP contribution is 2.27. The average molecular weight is 322 g/mol. The van der Waals surface area contributed by atoms with E-state index in [9.17, 15) is 8.42 Å². The topological polar surface area (TPSA) is 46.2 Å². The number of sulfone groups is 1. The first-order chi connectivity index (χ1) is 8.92. The summed E-state index contributed by atoms with van der Waals surface area (Å²) in [5.74, 6) is 1.03. The fourth-order valence-corrected chi connectivity index (χ4v) is 3.70. The largest absolute Gasteiger partial charge is 0.313 e. The van der Waals surface area contributed by atoms with E-state index in [4.69, 9.17) is 11.6 Å². The highest BCUT2D eigenvalue weighted by molar-refractivity contribution is 7.99. The SMILES string of the molecule is CCNC(CCS(C)(=O)=O)CSc1ccccc1Cl. The van der Waals surface area contributed by atoms with Gasteiger partial charge in [0.2, 0.25) is 0 Å². The number of halogens is 1. The smallest absolute Gasteiger partial charge is 0.147 e. The first kappa shape index (κ1) is 16.8. The second kappa shape index (κ2) is 8.15. The maximum Gasteiger partial charge on any atom is 0.147 e. The van der Waals surface area contributed by atoms with E-state index in [2.05, 4.69) is 5.32 Å². The molecule has 19 heavy (non-hydrogen) atoms. The molecule has 1 aromatic rings. The van der Waals surface area contributed by atoms with Crippen molar-refractivity contribution in [3.8, 4) is 0 Å². The van der Waals surface area contributed by atoms with Gasteiger partial charge in [-0.3, -0.25) is 0 Å². The lowest BCUT2D eigenvalue weighted by Crippen LogP contribution is -2.33. The van der Waals surface area contributed by atoms with Crippen LogP contribution in [0.4, 0.5) is 0 Å². The summed E-state index contributed by atoms with van der Waals surface area (Å²) < 4.78 is 22.4. The Morgan fingerprint density at radius 3 is 2.63 bits per heavy atom. The van der Waals surface area contributed by atoms with E-state index < -0.39 is 9.84 Å². The average Bonchev–Trinajstić information content (AvgIpc) is 2.33. The molecule has 3 nitrogen and oxygen atoms in total. The van der Waals surface area contributed by atoms with E-state index >= 15 is 0 Å². The van der Waals surface area contributed by atoms with E-state index in [-0.39, 0.29) is 11.8 Å². The predicted molar refractivity (Wildman–Crippen MR) is 84.0 cm³/mol. The minimum Gasteiger partial charge on any atom is -0.313 e. The summed E-state index contributed by atoms with van der Waals surface area (Å²) in [7, 11) is -2.90. The van der Waals surface area contributed by atoms with Crippen LogP contribution in [-0.4, -0.2) is 38.8 Å². The number of hydrogen-bond donors (Lipinski definition) is 1. The summed E-state index contributed by atoms with van der Waals surface area (Å²) in [5.41, 5.74) is 0. The van der Waals surface area contributed by atoms with Gasteiger partial charge in [0.25, 0.3) is 0 Å². The summed E-state index contributed by atoms with van der Waals surface area (Å²) in [6.45, 7) is 2.85.